The van der Waals surface area contributed by atoms with Gasteiger partial charge in [0.2, 0.25) is 0 Å². The van der Waals surface area contributed by atoms with Crippen LogP contribution in [-0.4, -0.2) is 15.8 Å². The van der Waals surface area contributed by atoms with E-state index in [4.69, 9.17) is 0 Å². The molecule has 17 heavy (non-hydrogen) atoms. The quantitative estimate of drug-likeness (QED) is 0.873. The van der Waals surface area contributed by atoms with Gasteiger partial charge in [0, 0.05) is 24.3 Å². The fourth-order valence-electron chi connectivity index (χ4n) is 1.73. The van der Waals surface area contributed by atoms with Crippen LogP contribution in [-0.2, 0) is 6.54 Å². The minimum absolute atomic E-state index is 0.497. The van der Waals surface area contributed by atoms with Crippen LogP contribution in [0.4, 0.5) is 0 Å². The van der Waals surface area contributed by atoms with Crippen molar-refractivity contribution in [2.75, 3.05) is 0 Å². The van der Waals surface area contributed by atoms with E-state index in [2.05, 4.69) is 49.5 Å². The number of nitrogens with zero attached hydrogens (tertiary/aromatic N) is 2. The number of hydrogen-bond acceptors (Lipinski definition) is 2. The van der Waals surface area contributed by atoms with Crippen molar-refractivity contribution in [1.29, 1.82) is 0 Å². The second kappa shape index (κ2) is 5.15. The van der Waals surface area contributed by atoms with Crippen LogP contribution in [0.25, 0.3) is 5.69 Å². The summed E-state index contributed by atoms with van der Waals surface area (Å²) in [5.74, 6) is 0. The fraction of sp³-hybridized carbons (Fsp3) is 0.357. The van der Waals surface area contributed by atoms with E-state index < -0.39 is 0 Å². The van der Waals surface area contributed by atoms with Crippen LogP contribution in [0, 0.1) is 6.92 Å². The highest BCUT2D eigenvalue weighted by molar-refractivity contribution is 5.39. The van der Waals surface area contributed by atoms with Gasteiger partial charge >= 0.3 is 0 Å². The van der Waals surface area contributed by atoms with E-state index in [9.17, 15) is 0 Å². The Labute approximate surface area is 102 Å². The first-order valence-corrected chi connectivity index (χ1v) is 6.00. The predicted octanol–water partition coefficient (Wildman–Crippen LogP) is 2.68. The molecule has 0 fully saturated rings. The monoisotopic (exact) mass is 229 g/mol. The maximum absolute atomic E-state index is 4.40. The molecule has 0 bridgehead atoms. The molecule has 3 nitrogen and oxygen atoms in total. The largest absolute Gasteiger partial charge is 0.310 e. The van der Waals surface area contributed by atoms with Gasteiger partial charge in [-0.1, -0.05) is 32.0 Å². The van der Waals surface area contributed by atoms with Gasteiger partial charge in [-0.15, -0.1) is 0 Å². The second-order valence-electron chi connectivity index (χ2n) is 4.62. The molecule has 3 heteroatoms. The Balaban J connectivity index is 2.16. The lowest BCUT2D eigenvalue weighted by atomic mass is 10.2. The number of benzene rings is 1. The first-order chi connectivity index (χ1) is 8.16. The van der Waals surface area contributed by atoms with Crippen LogP contribution in [0.1, 0.15) is 25.0 Å². The summed E-state index contributed by atoms with van der Waals surface area (Å²) in [4.78, 5) is 0. The van der Waals surface area contributed by atoms with Gasteiger partial charge in [-0.25, -0.2) is 4.68 Å². The molecule has 1 aromatic heterocycles. The van der Waals surface area contributed by atoms with Gasteiger partial charge in [-0.05, 0) is 18.6 Å². The van der Waals surface area contributed by atoms with E-state index in [1.165, 1.54) is 11.1 Å². The van der Waals surface area contributed by atoms with E-state index in [-0.39, 0.29) is 0 Å². The Morgan fingerprint density at radius 1 is 1.29 bits per heavy atom. The van der Waals surface area contributed by atoms with Crippen LogP contribution in [0.3, 0.4) is 0 Å². The van der Waals surface area contributed by atoms with Gasteiger partial charge < -0.3 is 5.32 Å². The van der Waals surface area contributed by atoms with E-state index in [1.807, 2.05) is 23.0 Å². The molecule has 0 amide bonds. The van der Waals surface area contributed by atoms with Crippen molar-refractivity contribution in [3.8, 4) is 5.69 Å². The van der Waals surface area contributed by atoms with Crippen molar-refractivity contribution in [1.82, 2.24) is 15.1 Å². The summed E-state index contributed by atoms with van der Waals surface area (Å²) in [5, 5.41) is 7.79. The lowest BCUT2D eigenvalue weighted by Crippen LogP contribution is -2.21. The molecule has 90 valence electrons. The SMILES string of the molecule is Cc1ccccc1-n1cc(CNC(C)C)cn1. The molecule has 0 atom stereocenters. The Kier molecular flexibility index (Phi) is 3.59. The summed E-state index contributed by atoms with van der Waals surface area (Å²) >= 11 is 0. The first-order valence-electron chi connectivity index (χ1n) is 6.00. The van der Waals surface area contributed by atoms with E-state index in [1.54, 1.807) is 0 Å². The molecule has 0 aliphatic carbocycles. The number of para-hydroxylation sites is 1. The third-order valence-electron chi connectivity index (χ3n) is 2.71. The zero-order valence-electron chi connectivity index (χ0n) is 10.6. The number of aryl methyl sites for hydroxylation is 1. The topological polar surface area (TPSA) is 29.9 Å². The Morgan fingerprint density at radius 2 is 2.06 bits per heavy atom. The van der Waals surface area contributed by atoms with Crippen molar-refractivity contribution in [2.45, 2.75) is 33.4 Å². The summed E-state index contributed by atoms with van der Waals surface area (Å²) in [6.45, 7) is 7.25. The van der Waals surface area contributed by atoms with Crippen molar-refractivity contribution >= 4 is 0 Å². The van der Waals surface area contributed by atoms with E-state index in [0.717, 1.165) is 12.2 Å². The van der Waals surface area contributed by atoms with E-state index >= 15 is 0 Å². The van der Waals surface area contributed by atoms with E-state index in [0.29, 0.717) is 6.04 Å². The Morgan fingerprint density at radius 3 is 2.76 bits per heavy atom. The Bertz CT molecular complexity index is 486. The van der Waals surface area contributed by atoms with Crippen LogP contribution >= 0.6 is 0 Å². The predicted molar refractivity (Wildman–Crippen MR) is 70.3 cm³/mol. The van der Waals surface area contributed by atoms with Gasteiger partial charge in [0.05, 0.1) is 11.9 Å². The zero-order chi connectivity index (χ0) is 12.3. The van der Waals surface area contributed by atoms with Crippen LogP contribution in [0.15, 0.2) is 36.7 Å². The third-order valence-corrected chi connectivity index (χ3v) is 2.71. The molecule has 0 radical (unpaired) electrons. The lowest BCUT2D eigenvalue weighted by Gasteiger charge is -2.06. The average Bonchev–Trinajstić information content (AvgIpc) is 2.75. The molecule has 2 aromatic rings. The van der Waals surface area contributed by atoms with Gasteiger partial charge in [0.15, 0.2) is 0 Å². The molecule has 0 spiro atoms. The number of rotatable bonds is 4. The molecule has 1 N–H and O–H groups in total. The highest BCUT2D eigenvalue weighted by Gasteiger charge is 2.03. The van der Waals surface area contributed by atoms with Crippen LogP contribution in [0.2, 0.25) is 0 Å². The van der Waals surface area contributed by atoms with Gasteiger partial charge in [0.25, 0.3) is 0 Å². The number of hydrogen-bond donors (Lipinski definition) is 1. The van der Waals surface area contributed by atoms with Crippen LogP contribution in [0.5, 0.6) is 0 Å². The second-order valence-corrected chi connectivity index (χ2v) is 4.62. The van der Waals surface area contributed by atoms with Gasteiger partial charge in [-0.2, -0.15) is 5.10 Å². The smallest absolute Gasteiger partial charge is 0.0674 e. The highest BCUT2D eigenvalue weighted by atomic mass is 15.3. The summed E-state index contributed by atoms with van der Waals surface area (Å²) in [5.41, 5.74) is 3.59. The number of aromatic nitrogens is 2. The number of nitrogens with one attached hydrogen (secondary N) is 1. The standard InChI is InChI=1S/C14H19N3/c1-11(2)15-8-13-9-16-17(10-13)14-7-5-4-6-12(14)3/h4-7,9-11,15H,8H2,1-3H3. The summed E-state index contributed by atoms with van der Waals surface area (Å²) in [7, 11) is 0. The average molecular weight is 229 g/mol. The van der Waals surface area contributed by atoms with Crippen molar-refractivity contribution < 1.29 is 0 Å². The molecule has 0 aliphatic heterocycles. The molecule has 0 aliphatic rings. The Hall–Kier alpha value is -1.61. The molecular formula is C14H19N3. The normalized spacial score (nSPS) is 11.1. The van der Waals surface area contributed by atoms with Crippen LogP contribution < -0.4 is 5.32 Å². The summed E-state index contributed by atoms with van der Waals surface area (Å²) in [6.07, 6.45) is 4.00. The zero-order valence-corrected chi connectivity index (χ0v) is 10.6. The maximum Gasteiger partial charge on any atom is 0.0674 e. The molecule has 0 saturated carbocycles. The summed E-state index contributed by atoms with van der Waals surface area (Å²) < 4.78 is 1.94. The van der Waals surface area contributed by atoms with Crippen molar-refractivity contribution in [3.05, 3.63) is 47.8 Å². The molecule has 0 unspecified atom stereocenters. The molecule has 2 rings (SSSR count). The lowest BCUT2D eigenvalue weighted by molar-refractivity contribution is 0.589. The summed E-state index contributed by atoms with van der Waals surface area (Å²) in [6, 6.07) is 8.77. The minimum atomic E-state index is 0.497. The maximum atomic E-state index is 4.40. The van der Waals surface area contributed by atoms with Crippen molar-refractivity contribution in [3.63, 3.8) is 0 Å². The van der Waals surface area contributed by atoms with Crippen molar-refractivity contribution in [2.24, 2.45) is 0 Å². The highest BCUT2D eigenvalue weighted by Crippen LogP contribution is 2.13. The fourth-order valence-corrected chi connectivity index (χ4v) is 1.73. The molecular weight excluding hydrogens is 210 g/mol. The minimum Gasteiger partial charge on any atom is -0.310 e. The first kappa shape index (κ1) is 11.9. The third kappa shape index (κ3) is 2.94. The van der Waals surface area contributed by atoms with Gasteiger partial charge in [0.1, 0.15) is 0 Å². The molecule has 1 heterocycles. The molecule has 0 saturated heterocycles. The van der Waals surface area contributed by atoms with Gasteiger partial charge in [-0.3, -0.25) is 0 Å². The molecule has 1 aromatic carbocycles.